The lowest BCUT2D eigenvalue weighted by Crippen LogP contribution is -2.42. The average Bonchev–Trinajstić information content (AvgIpc) is 2.65. The Labute approximate surface area is 160 Å². The molecule has 130 valence electrons. The first-order valence-electron chi connectivity index (χ1n) is 7.83. The summed E-state index contributed by atoms with van der Waals surface area (Å²) in [5.74, 6) is 0.432. The molecule has 2 aromatic carbocycles. The van der Waals surface area contributed by atoms with Crippen molar-refractivity contribution >= 4 is 44.9 Å². The highest BCUT2D eigenvalue weighted by Crippen LogP contribution is 2.17. The smallest absolute Gasteiger partial charge is 0.264 e. The van der Waals surface area contributed by atoms with Crippen LogP contribution in [0.1, 0.15) is 10.4 Å². The molecule has 0 bridgehead atoms. The van der Waals surface area contributed by atoms with Gasteiger partial charge in [-0.15, -0.1) is 0 Å². The van der Waals surface area contributed by atoms with E-state index in [1.54, 1.807) is 24.3 Å². The van der Waals surface area contributed by atoms with Crippen LogP contribution in [0.5, 0.6) is 5.75 Å². The molecule has 0 aromatic heterocycles. The molecule has 1 saturated heterocycles. The predicted octanol–water partition coefficient (Wildman–Crippen LogP) is 3.70. The summed E-state index contributed by atoms with van der Waals surface area (Å²) in [6, 6.07) is 14.3. The number of anilines is 1. The second kappa shape index (κ2) is 8.42. The van der Waals surface area contributed by atoms with Crippen LogP contribution in [-0.4, -0.2) is 42.3 Å². The molecule has 1 heterocycles. The molecule has 0 saturated carbocycles. The number of carbonyl (C=O) groups excluding carboxylic acids is 1. The maximum Gasteiger partial charge on any atom is 0.264 e. The summed E-state index contributed by atoms with van der Waals surface area (Å²) in [5.41, 5.74) is 1.29. The fourth-order valence-corrected chi connectivity index (χ4v) is 2.87. The summed E-state index contributed by atoms with van der Waals surface area (Å²) in [6.45, 7) is 2.76. The fraction of sp³-hybridized carbons (Fsp3) is 0.222. The SMILES string of the molecule is O=C(Nc1ccc(Br)cc1)c1ccc(OC(=S)N2CCOCC2)cc1. The molecule has 7 heteroatoms. The lowest BCUT2D eigenvalue weighted by Gasteiger charge is -2.28. The second-order valence-electron chi connectivity index (χ2n) is 5.45. The molecule has 0 spiro atoms. The number of hydrogen-bond donors (Lipinski definition) is 1. The molecule has 1 amide bonds. The molecule has 2 aromatic rings. The average molecular weight is 421 g/mol. The quantitative estimate of drug-likeness (QED) is 0.767. The minimum absolute atomic E-state index is 0.176. The standard InChI is InChI=1S/C18H17BrN2O3S/c19-14-3-5-15(6-4-14)20-17(22)13-1-7-16(8-2-13)24-18(25)21-9-11-23-12-10-21/h1-8H,9-12H2,(H,20,22). The van der Waals surface area contributed by atoms with Gasteiger partial charge in [-0.2, -0.15) is 0 Å². The molecule has 1 fully saturated rings. The monoisotopic (exact) mass is 420 g/mol. The van der Waals surface area contributed by atoms with Crippen molar-refractivity contribution in [2.45, 2.75) is 0 Å². The Bertz CT molecular complexity index is 744. The van der Waals surface area contributed by atoms with Gasteiger partial charge in [-0.05, 0) is 60.7 Å². The number of benzene rings is 2. The van der Waals surface area contributed by atoms with E-state index >= 15 is 0 Å². The number of rotatable bonds is 3. The van der Waals surface area contributed by atoms with Crippen LogP contribution in [0.4, 0.5) is 5.69 Å². The van der Waals surface area contributed by atoms with Crippen LogP contribution in [0, 0.1) is 0 Å². The Kier molecular flexibility index (Phi) is 6.01. The minimum atomic E-state index is -0.176. The maximum atomic E-state index is 12.3. The van der Waals surface area contributed by atoms with Gasteiger partial charge in [0, 0.05) is 28.8 Å². The Morgan fingerprint density at radius 2 is 1.72 bits per heavy atom. The van der Waals surface area contributed by atoms with Crippen LogP contribution in [0.2, 0.25) is 0 Å². The van der Waals surface area contributed by atoms with Crippen molar-refractivity contribution in [3.05, 3.63) is 58.6 Å². The molecule has 1 aliphatic heterocycles. The van der Waals surface area contributed by atoms with E-state index in [0.717, 1.165) is 23.2 Å². The third-order valence-corrected chi connectivity index (χ3v) is 4.56. The number of nitrogens with one attached hydrogen (secondary N) is 1. The van der Waals surface area contributed by atoms with Gasteiger partial charge in [0.15, 0.2) is 0 Å². The molecular weight excluding hydrogens is 404 g/mol. The maximum absolute atomic E-state index is 12.3. The van der Waals surface area contributed by atoms with E-state index in [2.05, 4.69) is 21.2 Å². The number of carbonyl (C=O) groups is 1. The molecule has 1 N–H and O–H groups in total. The summed E-state index contributed by atoms with van der Waals surface area (Å²) in [5, 5.41) is 3.28. The van der Waals surface area contributed by atoms with Gasteiger partial charge in [0.1, 0.15) is 5.75 Å². The van der Waals surface area contributed by atoms with Crippen molar-refractivity contribution in [2.24, 2.45) is 0 Å². The molecule has 0 radical (unpaired) electrons. The molecule has 5 nitrogen and oxygen atoms in total. The number of morpholine rings is 1. The fourth-order valence-electron chi connectivity index (χ4n) is 2.32. The van der Waals surface area contributed by atoms with Crippen molar-refractivity contribution in [3.8, 4) is 5.75 Å². The molecule has 3 rings (SSSR count). The largest absolute Gasteiger partial charge is 0.432 e. The van der Waals surface area contributed by atoms with Gasteiger partial charge < -0.3 is 19.7 Å². The van der Waals surface area contributed by atoms with E-state index in [1.807, 2.05) is 29.2 Å². The van der Waals surface area contributed by atoms with E-state index in [-0.39, 0.29) is 5.91 Å². The van der Waals surface area contributed by atoms with Crippen LogP contribution in [0.3, 0.4) is 0 Å². The second-order valence-corrected chi connectivity index (χ2v) is 6.72. The zero-order valence-corrected chi connectivity index (χ0v) is 15.8. The van der Waals surface area contributed by atoms with Crippen LogP contribution in [-0.2, 0) is 4.74 Å². The van der Waals surface area contributed by atoms with Crippen molar-refractivity contribution in [3.63, 3.8) is 0 Å². The molecule has 0 atom stereocenters. The summed E-state index contributed by atoms with van der Waals surface area (Å²) >= 11 is 8.67. The number of amides is 1. The number of halogens is 1. The first-order chi connectivity index (χ1) is 12.1. The summed E-state index contributed by atoms with van der Waals surface area (Å²) in [7, 11) is 0. The highest BCUT2D eigenvalue weighted by Gasteiger charge is 2.15. The van der Waals surface area contributed by atoms with Gasteiger partial charge >= 0.3 is 0 Å². The van der Waals surface area contributed by atoms with E-state index in [1.165, 1.54) is 0 Å². The zero-order valence-electron chi connectivity index (χ0n) is 13.4. The first kappa shape index (κ1) is 17.8. The van der Waals surface area contributed by atoms with Crippen molar-refractivity contribution in [2.75, 3.05) is 31.6 Å². The Morgan fingerprint density at radius 3 is 2.36 bits per heavy atom. The third-order valence-electron chi connectivity index (χ3n) is 3.69. The summed E-state index contributed by atoms with van der Waals surface area (Å²) < 4.78 is 11.9. The van der Waals surface area contributed by atoms with E-state index in [0.29, 0.717) is 29.7 Å². The Morgan fingerprint density at radius 1 is 1.08 bits per heavy atom. The highest BCUT2D eigenvalue weighted by molar-refractivity contribution is 9.10. The van der Waals surface area contributed by atoms with E-state index in [4.69, 9.17) is 21.7 Å². The van der Waals surface area contributed by atoms with E-state index in [9.17, 15) is 4.79 Å². The van der Waals surface area contributed by atoms with Crippen LogP contribution in [0.25, 0.3) is 0 Å². The van der Waals surface area contributed by atoms with Gasteiger partial charge in [0.25, 0.3) is 11.1 Å². The molecule has 1 aliphatic rings. The van der Waals surface area contributed by atoms with Gasteiger partial charge in [-0.25, -0.2) is 0 Å². The Hall–Kier alpha value is -1.96. The lowest BCUT2D eigenvalue weighted by molar-refractivity contribution is 0.0631. The van der Waals surface area contributed by atoms with Crippen LogP contribution < -0.4 is 10.1 Å². The number of ether oxygens (including phenoxy) is 2. The summed E-state index contributed by atoms with van der Waals surface area (Å²) in [6.07, 6.45) is 0. The van der Waals surface area contributed by atoms with Gasteiger partial charge in [-0.1, -0.05) is 15.9 Å². The highest BCUT2D eigenvalue weighted by atomic mass is 79.9. The van der Waals surface area contributed by atoms with Gasteiger partial charge in [0.05, 0.1) is 13.2 Å². The van der Waals surface area contributed by atoms with Gasteiger partial charge in [-0.3, -0.25) is 4.79 Å². The molecule has 0 aliphatic carbocycles. The number of nitrogens with zero attached hydrogens (tertiary/aromatic N) is 1. The third kappa shape index (κ3) is 5.01. The molecular formula is C18H17BrN2O3S. The lowest BCUT2D eigenvalue weighted by atomic mass is 10.2. The number of hydrogen-bond acceptors (Lipinski definition) is 4. The van der Waals surface area contributed by atoms with Crippen molar-refractivity contribution < 1.29 is 14.3 Å². The van der Waals surface area contributed by atoms with Crippen molar-refractivity contribution in [1.29, 1.82) is 0 Å². The number of thiocarbonyl (C=S) groups is 1. The van der Waals surface area contributed by atoms with E-state index < -0.39 is 0 Å². The van der Waals surface area contributed by atoms with Crippen LogP contribution >= 0.6 is 28.1 Å². The normalized spacial score (nSPS) is 14.0. The molecule has 25 heavy (non-hydrogen) atoms. The zero-order chi connectivity index (χ0) is 17.6. The Balaban J connectivity index is 1.58. The topological polar surface area (TPSA) is 50.8 Å². The first-order valence-corrected chi connectivity index (χ1v) is 9.03. The van der Waals surface area contributed by atoms with Gasteiger partial charge in [0.2, 0.25) is 0 Å². The van der Waals surface area contributed by atoms with Crippen LogP contribution in [0.15, 0.2) is 53.0 Å². The van der Waals surface area contributed by atoms with Crippen molar-refractivity contribution in [1.82, 2.24) is 4.90 Å². The minimum Gasteiger partial charge on any atom is -0.432 e. The molecule has 0 unspecified atom stereocenters. The predicted molar refractivity (Wildman–Crippen MR) is 104 cm³/mol. The summed E-state index contributed by atoms with van der Waals surface area (Å²) in [4.78, 5) is 14.2.